The molecule has 1 unspecified atom stereocenters. The first-order chi connectivity index (χ1) is 11.8. The zero-order valence-corrected chi connectivity index (χ0v) is 13.7. The average molecular weight is 327 g/mol. The minimum absolute atomic E-state index is 0.0272. The summed E-state index contributed by atoms with van der Waals surface area (Å²) in [6, 6.07) is 17.1. The van der Waals surface area contributed by atoms with Crippen molar-refractivity contribution in [1.29, 1.82) is 0 Å². The van der Waals surface area contributed by atoms with Gasteiger partial charge in [0.1, 0.15) is 17.6 Å². The second kappa shape index (κ2) is 7.84. The summed E-state index contributed by atoms with van der Waals surface area (Å²) in [6.07, 6.45) is -0.120. The van der Waals surface area contributed by atoms with E-state index < -0.39 is 0 Å². The van der Waals surface area contributed by atoms with Crippen LogP contribution in [0.1, 0.15) is 11.7 Å². The predicted octanol–water partition coefficient (Wildman–Crippen LogP) is 2.67. The second-order valence-electron chi connectivity index (χ2n) is 5.57. The number of benzene rings is 2. The van der Waals surface area contributed by atoms with Crippen LogP contribution in [0, 0.1) is 0 Å². The number of morpholine rings is 1. The molecule has 0 bridgehead atoms. The van der Waals surface area contributed by atoms with Crippen LogP contribution in [0.4, 0.5) is 0 Å². The van der Waals surface area contributed by atoms with Crippen LogP contribution in [0.3, 0.4) is 0 Å². The molecule has 1 saturated heterocycles. The third-order valence-corrected chi connectivity index (χ3v) is 4.01. The van der Waals surface area contributed by atoms with E-state index in [-0.39, 0.29) is 18.6 Å². The molecule has 1 amide bonds. The fourth-order valence-corrected chi connectivity index (χ4v) is 2.65. The first kappa shape index (κ1) is 16.3. The predicted molar refractivity (Wildman–Crippen MR) is 90.2 cm³/mol. The molecule has 1 heterocycles. The molecule has 1 atom stereocenters. The first-order valence-electron chi connectivity index (χ1n) is 7.97. The quantitative estimate of drug-likeness (QED) is 0.847. The minimum atomic E-state index is -0.120. The van der Waals surface area contributed by atoms with Gasteiger partial charge >= 0.3 is 0 Å². The van der Waals surface area contributed by atoms with Gasteiger partial charge in [-0.3, -0.25) is 4.79 Å². The number of carbonyl (C=O) groups excluding carboxylic acids is 1. The van der Waals surface area contributed by atoms with E-state index in [4.69, 9.17) is 14.2 Å². The lowest BCUT2D eigenvalue weighted by Crippen LogP contribution is -2.44. The molecule has 2 aromatic rings. The molecule has 0 saturated carbocycles. The van der Waals surface area contributed by atoms with E-state index in [9.17, 15) is 4.79 Å². The lowest BCUT2D eigenvalue weighted by Gasteiger charge is -2.33. The Morgan fingerprint density at radius 3 is 2.58 bits per heavy atom. The van der Waals surface area contributed by atoms with Gasteiger partial charge in [-0.25, -0.2) is 0 Å². The van der Waals surface area contributed by atoms with Crippen molar-refractivity contribution in [3.05, 3.63) is 60.2 Å². The molecule has 0 N–H and O–H groups in total. The Labute approximate surface area is 141 Å². The number of para-hydroxylation sites is 1. The standard InChI is InChI=1S/C19H21NO4/c1-22-16-9-7-15(8-10-16)18-13-20(11-12-23-18)19(21)14-24-17-5-3-2-4-6-17/h2-10,18H,11-14H2,1H3. The Hall–Kier alpha value is -2.53. The molecule has 1 aliphatic heterocycles. The van der Waals surface area contributed by atoms with Crippen molar-refractivity contribution < 1.29 is 19.0 Å². The summed E-state index contributed by atoms with van der Waals surface area (Å²) in [5.41, 5.74) is 1.04. The Balaban J connectivity index is 1.57. The number of hydrogen-bond acceptors (Lipinski definition) is 4. The van der Waals surface area contributed by atoms with Gasteiger partial charge in [-0.2, -0.15) is 0 Å². The van der Waals surface area contributed by atoms with Crippen molar-refractivity contribution in [3.8, 4) is 11.5 Å². The molecule has 126 valence electrons. The third kappa shape index (κ3) is 4.06. The van der Waals surface area contributed by atoms with Gasteiger partial charge < -0.3 is 19.1 Å². The maximum atomic E-state index is 12.4. The van der Waals surface area contributed by atoms with E-state index in [1.807, 2.05) is 54.6 Å². The van der Waals surface area contributed by atoms with Crippen LogP contribution in [0.15, 0.2) is 54.6 Å². The monoisotopic (exact) mass is 327 g/mol. The topological polar surface area (TPSA) is 48.0 Å². The van der Waals surface area contributed by atoms with Crippen LogP contribution >= 0.6 is 0 Å². The summed E-state index contributed by atoms with van der Waals surface area (Å²) in [4.78, 5) is 14.2. The molecule has 0 spiro atoms. The van der Waals surface area contributed by atoms with Crippen molar-refractivity contribution >= 4 is 5.91 Å². The van der Waals surface area contributed by atoms with Crippen LogP contribution < -0.4 is 9.47 Å². The van der Waals surface area contributed by atoms with Gasteiger partial charge in [0.15, 0.2) is 6.61 Å². The van der Waals surface area contributed by atoms with Crippen LogP contribution in [0.25, 0.3) is 0 Å². The van der Waals surface area contributed by atoms with Gasteiger partial charge in [0.05, 0.1) is 20.3 Å². The number of amides is 1. The number of ether oxygens (including phenoxy) is 3. The molecular weight excluding hydrogens is 306 g/mol. The van der Waals surface area contributed by atoms with Crippen LogP contribution in [-0.4, -0.2) is 44.2 Å². The molecule has 24 heavy (non-hydrogen) atoms. The maximum Gasteiger partial charge on any atom is 0.260 e. The number of carbonyl (C=O) groups is 1. The average Bonchev–Trinajstić information content (AvgIpc) is 2.67. The molecule has 5 heteroatoms. The summed E-state index contributed by atoms with van der Waals surface area (Å²) < 4.78 is 16.5. The number of methoxy groups -OCH3 is 1. The van der Waals surface area contributed by atoms with Gasteiger partial charge in [0, 0.05) is 6.54 Å². The molecule has 2 aromatic carbocycles. The highest BCUT2D eigenvalue weighted by molar-refractivity contribution is 5.78. The molecule has 0 aromatic heterocycles. The molecule has 1 aliphatic rings. The Morgan fingerprint density at radius 2 is 1.88 bits per heavy atom. The molecule has 3 rings (SSSR count). The van der Waals surface area contributed by atoms with E-state index in [0.717, 1.165) is 11.3 Å². The van der Waals surface area contributed by atoms with Gasteiger partial charge in [0.2, 0.25) is 0 Å². The lowest BCUT2D eigenvalue weighted by atomic mass is 10.1. The molecule has 1 fully saturated rings. The number of nitrogens with zero attached hydrogens (tertiary/aromatic N) is 1. The van der Waals surface area contributed by atoms with Gasteiger partial charge in [-0.1, -0.05) is 30.3 Å². The van der Waals surface area contributed by atoms with Crippen molar-refractivity contribution in [1.82, 2.24) is 4.90 Å². The maximum absolute atomic E-state index is 12.4. The largest absolute Gasteiger partial charge is 0.497 e. The second-order valence-corrected chi connectivity index (χ2v) is 5.57. The Bertz CT molecular complexity index is 657. The van der Waals surface area contributed by atoms with Crippen LogP contribution in [-0.2, 0) is 9.53 Å². The van der Waals surface area contributed by atoms with Crippen molar-refractivity contribution in [2.45, 2.75) is 6.10 Å². The summed E-state index contributed by atoms with van der Waals surface area (Å²) in [6.45, 7) is 1.68. The van der Waals surface area contributed by atoms with Crippen molar-refractivity contribution in [2.24, 2.45) is 0 Å². The third-order valence-electron chi connectivity index (χ3n) is 4.01. The summed E-state index contributed by atoms with van der Waals surface area (Å²) in [5, 5.41) is 0. The molecule has 5 nitrogen and oxygen atoms in total. The summed E-state index contributed by atoms with van der Waals surface area (Å²) >= 11 is 0. The van der Waals surface area contributed by atoms with Crippen molar-refractivity contribution in [3.63, 3.8) is 0 Å². The molecular formula is C19H21NO4. The van der Waals surface area contributed by atoms with E-state index in [1.165, 1.54) is 0 Å². The summed E-state index contributed by atoms with van der Waals surface area (Å²) in [5.74, 6) is 1.48. The van der Waals surface area contributed by atoms with Gasteiger partial charge in [0.25, 0.3) is 5.91 Å². The smallest absolute Gasteiger partial charge is 0.260 e. The fraction of sp³-hybridized carbons (Fsp3) is 0.316. The van der Waals surface area contributed by atoms with Crippen LogP contribution in [0.2, 0.25) is 0 Å². The highest BCUT2D eigenvalue weighted by Crippen LogP contribution is 2.24. The van der Waals surface area contributed by atoms with E-state index in [2.05, 4.69) is 0 Å². The number of rotatable bonds is 5. The minimum Gasteiger partial charge on any atom is -0.497 e. The fourth-order valence-electron chi connectivity index (χ4n) is 2.65. The Morgan fingerprint density at radius 1 is 1.12 bits per heavy atom. The van der Waals surface area contributed by atoms with Gasteiger partial charge in [-0.15, -0.1) is 0 Å². The van der Waals surface area contributed by atoms with E-state index >= 15 is 0 Å². The zero-order chi connectivity index (χ0) is 16.8. The number of hydrogen-bond donors (Lipinski definition) is 0. The Kier molecular flexibility index (Phi) is 5.33. The SMILES string of the molecule is COc1ccc(C2CN(C(=O)COc3ccccc3)CCO2)cc1. The first-order valence-corrected chi connectivity index (χ1v) is 7.97. The van der Waals surface area contributed by atoms with Crippen molar-refractivity contribution in [2.75, 3.05) is 33.4 Å². The zero-order valence-electron chi connectivity index (χ0n) is 13.7. The molecule has 0 aliphatic carbocycles. The highest BCUT2D eigenvalue weighted by atomic mass is 16.5. The molecule has 0 radical (unpaired) electrons. The van der Waals surface area contributed by atoms with E-state index in [1.54, 1.807) is 12.0 Å². The normalized spacial score (nSPS) is 17.4. The van der Waals surface area contributed by atoms with Gasteiger partial charge in [-0.05, 0) is 29.8 Å². The van der Waals surface area contributed by atoms with E-state index in [0.29, 0.717) is 25.4 Å². The highest BCUT2D eigenvalue weighted by Gasteiger charge is 2.25. The summed E-state index contributed by atoms with van der Waals surface area (Å²) in [7, 11) is 1.64. The lowest BCUT2D eigenvalue weighted by molar-refractivity contribution is -0.141. The van der Waals surface area contributed by atoms with Crippen LogP contribution in [0.5, 0.6) is 11.5 Å².